The van der Waals surface area contributed by atoms with E-state index in [0.717, 1.165) is 18.7 Å². The number of carbonyl (C=O) groups is 1. The molecule has 0 aliphatic carbocycles. The van der Waals surface area contributed by atoms with Crippen molar-refractivity contribution in [2.45, 2.75) is 33.7 Å². The first-order valence-electron chi connectivity index (χ1n) is 10.1. The van der Waals surface area contributed by atoms with E-state index in [1.807, 2.05) is 13.0 Å². The number of halogens is 1. The number of rotatable bonds is 4. The van der Waals surface area contributed by atoms with E-state index in [2.05, 4.69) is 34.1 Å². The minimum atomic E-state index is -0.371. The Morgan fingerprint density at radius 3 is 2.70 bits per heavy atom. The zero-order valence-electron chi connectivity index (χ0n) is 17.3. The van der Waals surface area contributed by atoms with E-state index in [9.17, 15) is 9.59 Å². The fourth-order valence-corrected chi connectivity index (χ4v) is 4.29. The predicted octanol–water partition coefficient (Wildman–Crippen LogP) is 2.97. The third kappa shape index (κ3) is 4.05. The maximum absolute atomic E-state index is 12.8. The molecule has 3 heterocycles. The largest absolute Gasteiger partial charge is 0.353 e. The van der Waals surface area contributed by atoms with Gasteiger partial charge in [-0.05, 0) is 42.9 Å². The summed E-state index contributed by atoms with van der Waals surface area (Å²) in [6.07, 6.45) is 4.36. The molecule has 2 aromatic heterocycles. The summed E-state index contributed by atoms with van der Waals surface area (Å²) in [7, 11) is 0. The van der Waals surface area contributed by atoms with E-state index in [4.69, 9.17) is 11.6 Å². The Kier molecular flexibility index (Phi) is 5.51. The second-order valence-corrected chi connectivity index (χ2v) is 8.66. The Morgan fingerprint density at radius 2 is 2.00 bits per heavy atom. The average molecular weight is 429 g/mol. The Labute approximate surface area is 179 Å². The normalized spacial score (nSPS) is 19.3. The third-order valence-electron chi connectivity index (χ3n) is 5.40. The van der Waals surface area contributed by atoms with Crippen molar-refractivity contribution in [3.8, 4) is 0 Å². The molecule has 158 valence electrons. The number of amides is 1. The van der Waals surface area contributed by atoms with Crippen LogP contribution in [0.25, 0.3) is 5.65 Å². The maximum atomic E-state index is 12.8. The average Bonchev–Trinajstić information content (AvgIpc) is 2.99. The molecule has 1 aliphatic rings. The van der Waals surface area contributed by atoms with Gasteiger partial charge in [0.05, 0.1) is 0 Å². The van der Waals surface area contributed by atoms with Gasteiger partial charge in [-0.15, -0.1) is 5.10 Å². The van der Waals surface area contributed by atoms with Gasteiger partial charge in [0.25, 0.3) is 0 Å². The summed E-state index contributed by atoms with van der Waals surface area (Å²) < 4.78 is 2.62. The van der Waals surface area contributed by atoms with Crippen LogP contribution in [-0.4, -0.2) is 38.2 Å². The lowest BCUT2D eigenvalue weighted by atomic mass is 9.92. The number of anilines is 2. The first-order chi connectivity index (χ1) is 14.3. The smallest absolute Gasteiger partial charge is 0.350 e. The highest BCUT2D eigenvalue weighted by Crippen LogP contribution is 2.26. The molecule has 0 saturated carbocycles. The molecule has 4 rings (SSSR count). The summed E-state index contributed by atoms with van der Waals surface area (Å²) in [4.78, 5) is 32.0. The van der Waals surface area contributed by atoms with Crippen molar-refractivity contribution in [2.75, 3.05) is 23.3 Å². The summed E-state index contributed by atoms with van der Waals surface area (Å²) in [5.74, 6) is 1.40. The number of nitrogens with one attached hydrogen (secondary N) is 1. The maximum Gasteiger partial charge on any atom is 0.350 e. The second-order valence-electron chi connectivity index (χ2n) is 8.25. The number of fused-ring (bicyclic) bond motifs is 1. The summed E-state index contributed by atoms with van der Waals surface area (Å²) in [6, 6.07) is 5.28. The molecule has 1 amide bonds. The predicted molar refractivity (Wildman–Crippen MR) is 117 cm³/mol. The molecule has 8 nitrogen and oxygen atoms in total. The zero-order chi connectivity index (χ0) is 21.4. The number of aryl methyl sites for hydroxylation is 1. The van der Waals surface area contributed by atoms with Crippen molar-refractivity contribution in [2.24, 2.45) is 11.8 Å². The highest BCUT2D eigenvalue weighted by molar-refractivity contribution is 6.31. The van der Waals surface area contributed by atoms with Crippen molar-refractivity contribution in [3.05, 3.63) is 51.7 Å². The number of benzene rings is 1. The molecule has 1 saturated heterocycles. The van der Waals surface area contributed by atoms with Gasteiger partial charge in [0.15, 0.2) is 5.82 Å². The van der Waals surface area contributed by atoms with Crippen LogP contribution in [-0.2, 0) is 11.3 Å². The lowest BCUT2D eigenvalue weighted by Gasteiger charge is -2.35. The number of aromatic nitrogens is 4. The van der Waals surface area contributed by atoms with Crippen LogP contribution < -0.4 is 15.9 Å². The van der Waals surface area contributed by atoms with Gasteiger partial charge < -0.3 is 10.2 Å². The summed E-state index contributed by atoms with van der Waals surface area (Å²) in [5.41, 5.74) is 1.59. The quantitative estimate of drug-likeness (QED) is 0.690. The van der Waals surface area contributed by atoms with Crippen LogP contribution in [0.1, 0.15) is 25.8 Å². The molecule has 0 radical (unpaired) electrons. The standard InChI is InChI=1S/C21H25ClN6O2/c1-13-8-14(2)11-26(10-13)19-20-25-28(21(30)27(20)7-6-23-19)12-18(29)24-16-5-4-15(3)17(22)9-16/h4-7,9,13-14H,8,10-12H2,1-3H3,(H,24,29)/t13-,14-/m1/s1. The molecule has 3 aromatic rings. The van der Waals surface area contributed by atoms with Crippen molar-refractivity contribution in [1.82, 2.24) is 19.2 Å². The van der Waals surface area contributed by atoms with Crippen LogP contribution in [0.5, 0.6) is 0 Å². The molecule has 0 bridgehead atoms. The van der Waals surface area contributed by atoms with E-state index in [0.29, 0.717) is 34.0 Å². The fraction of sp³-hybridized carbons (Fsp3) is 0.429. The second kappa shape index (κ2) is 8.10. The van der Waals surface area contributed by atoms with Crippen LogP contribution in [0.15, 0.2) is 35.4 Å². The molecule has 1 N–H and O–H groups in total. The topological polar surface area (TPSA) is 84.5 Å². The Balaban J connectivity index is 1.59. The van der Waals surface area contributed by atoms with Gasteiger partial charge in [-0.25, -0.2) is 18.9 Å². The number of hydrogen-bond acceptors (Lipinski definition) is 5. The van der Waals surface area contributed by atoms with Crippen molar-refractivity contribution < 1.29 is 4.79 Å². The molecule has 1 aromatic carbocycles. The molecule has 1 aliphatic heterocycles. The lowest BCUT2D eigenvalue weighted by molar-refractivity contribution is -0.117. The van der Waals surface area contributed by atoms with E-state index < -0.39 is 0 Å². The van der Waals surface area contributed by atoms with Crippen molar-refractivity contribution in [3.63, 3.8) is 0 Å². The van der Waals surface area contributed by atoms with Crippen LogP contribution in [0.4, 0.5) is 11.5 Å². The summed E-state index contributed by atoms with van der Waals surface area (Å²) in [6.45, 7) is 7.86. The highest BCUT2D eigenvalue weighted by Gasteiger charge is 2.25. The van der Waals surface area contributed by atoms with Crippen molar-refractivity contribution >= 4 is 34.7 Å². The molecule has 0 spiro atoms. The SMILES string of the molecule is Cc1ccc(NC(=O)Cn2nc3c(N4C[C@H](C)C[C@@H](C)C4)nccn3c2=O)cc1Cl. The Morgan fingerprint density at radius 1 is 1.27 bits per heavy atom. The minimum Gasteiger partial charge on any atom is -0.353 e. The summed E-state index contributed by atoms with van der Waals surface area (Å²) in [5, 5.41) is 7.76. The van der Waals surface area contributed by atoms with E-state index >= 15 is 0 Å². The summed E-state index contributed by atoms with van der Waals surface area (Å²) >= 11 is 6.11. The van der Waals surface area contributed by atoms with Gasteiger partial charge in [-0.1, -0.05) is 31.5 Å². The van der Waals surface area contributed by atoms with Crippen molar-refractivity contribution in [1.29, 1.82) is 0 Å². The fourth-order valence-electron chi connectivity index (χ4n) is 4.10. The Hall–Kier alpha value is -2.87. The monoisotopic (exact) mass is 428 g/mol. The molecule has 2 atom stereocenters. The van der Waals surface area contributed by atoms with Gasteiger partial charge in [-0.3, -0.25) is 4.79 Å². The number of nitrogens with zero attached hydrogens (tertiary/aromatic N) is 5. The van der Waals surface area contributed by atoms with Gasteiger partial charge >= 0.3 is 5.69 Å². The highest BCUT2D eigenvalue weighted by atomic mass is 35.5. The lowest BCUT2D eigenvalue weighted by Crippen LogP contribution is -2.39. The molecular weight excluding hydrogens is 404 g/mol. The third-order valence-corrected chi connectivity index (χ3v) is 5.81. The van der Waals surface area contributed by atoms with Crippen LogP contribution in [0, 0.1) is 18.8 Å². The van der Waals surface area contributed by atoms with E-state index in [-0.39, 0.29) is 18.1 Å². The molecule has 30 heavy (non-hydrogen) atoms. The number of hydrogen-bond donors (Lipinski definition) is 1. The molecule has 0 unspecified atom stereocenters. The van der Waals surface area contributed by atoms with E-state index in [1.165, 1.54) is 15.5 Å². The minimum absolute atomic E-state index is 0.196. The number of carbonyl (C=O) groups excluding carboxylic acids is 1. The van der Waals surface area contributed by atoms with Crippen LogP contribution in [0.2, 0.25) is 5.02 Å². The van der Waals surface area contributed by atoms with Gasteiger partial charge in [0, 0.05) is 36.2 Å². The van der Waals surface area contributed by atoms with Gasteiger partial charge in [-0.2, -0.15) is 0 Å². The van der Waals surface area contributed by atoms with Crippen LogP contribution in [0.3, 0.4) is 0 Å². The molecule has 9 heteroatoms. The van der Waals surface area contributed by atoms with Gasteiger partial charge in [0.1, 0.15) is 6.54 Å². The van der Waals surface area contributed by atoms with Gasteiger partial charge in [0.2, 0.25) is 11.6 Å². The number of piperidine rings is 1. The van der Waals surface area contributed by atoms with Crippen LogP contribution >= 0.6 is 11.6 Å². The Bertz CT molecular complexity index is 1140. The molecule has 1 fully saturated rings. The van der Waals surface area contributed by atoms with E-state index in [1.54, 1.807) is 24.5 Å². The first kappa shape index (κ1) is 20.4. The first-order valence-corrected chi connectivity index (χ1v) is 10.4. The zero-order valence-corrected chi connectivity index (χ0v) is 18.1. The molecular formula is C21H25ClN6O2.